The van der Waals surface area contributed by atoms with Gasteiger partial charge in [-0.15, -0.1) is 11.3 Å². The van der Waals surface area contributed by atoms with Gasteiger partial charge in [-0.1, -0.05) is 29.8 Å². The van der Waals surface area contributed by atoms with Gasteiger partial charge < -0.3 is 9.47 Å². The number of sulfonamides is 1. The van der Waals surface area contributed by atoms with Gasteiger partial charge in [0, 0.05) is 27.5 Å². The zero-order chi connectivity index (χ0) is 26.7. The molecule has 2 unspecified atom stereocenters. The van der Waals surface area contributed by atoms with Crippen molar-refractivity contribution < 1.29 is 17.9 Å². The molecule has 2 fully saturated rings. The molecule has 7 nitrogen and oxygen atoms in total. The van der Waals surface area contributed by atoms with Gasteiger partial charge in [0.1, 0.15) is 5.60 Å². The standard InChI is InChI=1S/C28H28ClN3O4S2/c1-27(2)35-16-28(3,36-27)18-11-13-30-22(15-18)20-7-4-6-17-14-23(37-26(17)20)25(24-21(29)8-5-12-31-24)32-38(33,34)19-9-10-19/h4-8,11-15,19,25,32H,9-10,16H2,1-3H3. The summed E-state index contributed by atoms with van der Waals surface area (Å²) in [5, 5.41) is 1.04. The number of rotatable bonds is 7. The fourth-order valence-electron chi connectivity index (χ4n) is 4.89. The smallest absolute Gasteiger partial charge is 0.215 e. The summed E-state index contributed by atoms with van der Waals surface area (Å²) in [7, 11) is -3.51. The normalized spacial score (nSPS) is 22.1. The summed E-state index contributed by atoms with van der Waals surface area (Å²) in [4.78, 5) is 9.95. The number of pyridine rings is 2. The predicted molar refractivity (Wildman–Crippen MR) is 150 cm³/mol. The largest absolute Gasteiger partial charge is 0.347 e. The highest BCUT2D eigenvalue weighted by molar-refractivity contribution is 7.90. The van der Waals surface area contributed by atoms with Crippen LogP contribution in [0.3, 0.4) is 0 Å². The van der Waals surface area contributed by atoms with Crippen LogP contribution in [0, 0.1) is 0 Å². The number of nitrogens with zero attached hydrogens (tertiary/aromatic N) is 2. The summed E-state index contributed by atoms with van der Waals surface area (Å²) < 4.78 is 42.0. The third kappa shape index (κ3) is 4.87. The number of hydrogen-bond donors (Lipinski definition) is 1. The summed E-state index contributed by atoms with van der Waals surface area (Å²) in [5.41, 5.74) is 2.65. The summed E-state index contributed by atoms with van der Waals surface area (Å²) in [6.45, 7) is 6.30. The minimum Gasteiger partial charge on any atom is -0.347 e. The summed E-state index contributed by atoms with van der Waals surface area (Å²) in [6.07, 6.45) is 4.76. The molecule has 4 heterocycles. The SMILES string of the molecule is CC1(C)OCC(C)(c2ccnc(-c3cccc4cc(C(NS(=O)(=O)C5CC5)c5ncccc5Cl)sc34)c2)O1. The second kappa shape index (κ2) is 9.36. The minimum atomic E-state index is -3.51. The average molecular weight is 570 g/mol. The molecule has 0 amide bonds. The van der Waals surface area contributed by atoms with Crippen LogP contribution in [-0.4, -0.2) is 36.0 Å². The van der Waals surface area contributed by atoms with Crippen LogP contribution < -0.4 is 4.72 Å². The average Bonchev–Trinajstić information content (AvgIpc) is 3.60. The molecule has 3 aromatic heterocycles. The molecule has 1 saturated carbocycles. The van der Waals surface area contributed by atoms with E-state index in [1.54, 1.807) is 24.5 Å². The van der Waals surface area contributed by atoms with Crippen LogP contribution in [0.5, 0.6) is 0 Å². The zero-order valence-corrected chi connectivity index (χ0v) is 23.7. The number of thiophene rings is 1. The van der Waals surface area contributed by atoms with Gasteiger partial charge in [0.05, 0.1) is 34.3 Å². The first-order chi connectivity index (χ1) is 18.0. The first-order valence-electron chi connectivity index (χ1n) is 12.5. The van der Waals surface area contributed by atoms with Gasteiger partial charge in [0.25, 0.3) is 0 Å². The molecule has 0 bridgehead atoms. The molecule has 198 valence electrons. The van der Waals surface area contributed by atoms with E-state index in [1.807, 2.05) is 57.2 Å². The molecule has 10 heteroatoms. The van der Waals surface area contributed by atoms with Gasteiger partial charge in [0.15, 0.2) is 5.79 Å². The Morgan fingerprint density at radius 3 is 2.61 bits per heavy atom. The van der Waals surface area contributed by atoms with E-state index in [-0.39, 0.29) is 5.25 Å². The molecule has 1 aliphatic heterocycles. The summed E-state index contributed by atoms with van der Waals surface area (Å²) in [5.74, 6) is -0.656. The molecular formula is C28H28ClN3O4S2. The van der Waals surface area contributed by atoms with Gasteiger partial charge in [-0.2, -0.15) is 0 Å². The minimum absolute atomic E-state index is 0.363. The Morgan fingerprint density at radius 1 is 1.08 bits per heavy atom. The Balaban J connectivity index is 1.43. The Kier molecular flexibility index (Phi) is 6.37. The number of aromatic nitrogens is 2. The van der Waals surface area contributed by atoms with Crippen molar-refractivity contribution in [1.29, 1.82) is 0 Å². The van der Waals surface area contributed by atoms with E-state index in [0.717, 1.165) is 31.8 Å². The van der Waals surface area contributed by atoms with Gasteiger partial charge in [-0.3, -0.25) is 9.97 Å². The van der Waals surface area contributed by atoms with Crippen LogP contribution in [0.2, 0.25) is 5.02 Å². The van der Waals surface area contributed by atoms with E-state index >= 15 is 0 Å². The maximum Gasteiger partial charge on any atom is 0.215 e. The molecule has 38 heavy (non-hydrogen) atoms. The lowest BCUT2D eigenvalue weighted by atomic mass is 9.96. The Hall–Kier alpha value is -2.40. The summed E-state index contributed by atoms with van der Waals surface area (Å²) >= 11 is 8.03. The summed E-state index contributed by atoms with van der Waals surface area (Å²) in [6, 6.07) is 14.8. The molecule has 1 aliphatic carbocycles. The van der Waals surface area contributed by atoms with Crippen LogP contribution in [0.1, 0.15) is 55.8 Å². The number of hydrogen-bond acceptors (Lipinski definition) is 7. The van der Waals surface area contributed by atoms with Gasteiger partial charge in [0.2, 0.25) is 10.0 Å². The first-order valence-corrected chi connectivity index (χ1v) is 15.2. The number of halogens is 1. The Labute approximate surface area is 231 Å². The van der Waals surface area contributed by atoms with Gasteiger partial charge >= 0.3 is 0 Å². The number of benzene rings is 1. The molecule has 6 rings (SSSR count). The second-order valence-electron chi connectivity index (χ2n) is 10.5. The van der Waals surface area contributed by atoms with Crippen LogP contribution >= 0.6 is 22.9 Å². The van der Waals surface area contributed by atoms with Gasteiger partial charge in [-0.25, -0.2) is 13.1 Å². The second-order valence-corrected chi connectivity index (χ2v) is 14.0. The fraction of sp³-hybridized carbons (Fsp3) is 0.357. The van der Waals surface area contributed by atoms with Gasteiger partial charge in [-0.05, 0) is 74.9 Å². The first kappa shape index (κ1) is 25.9. The molecule has 2 aliphatic rings. The van der Waals surface area contributed by atoms with Crippen LogP contribution in [0.15, 0.2) is 60.9 Å². The van der Waals surface area contributed by atoms with Crippen molar-refractivity contribution in [3.63, 3.8) is 0 Å². The fourth-order valence-corrected chi connectivity index (χ4v) is 7.95. The maximum absolute atomic E-state index is 13.0. The van der Waals surface area contributed by atoms with Crippen molar-refractivity contribution in [2.24, 2.45) is 0 Å². The molecule has 0 spiro atoms. The molecule has 2 atom stereocenters. The number of ether oxygens (including phenoxy) is 2. The predicted octanol–water partition coefficient (Wildman–Crippen LogP) is 6.18. The topological polar surface area (TPSA) is 90.4 Å². The van der Waals surface area contributed by atoms with Crippen LogP contribution in [0.25, 0.3) is 21.3 Å². The molecule has 0 radical (unpaired) electrons. The Morgan fingerprint density at radius 2 is 1.89 bits per heavy atom. The lowest BCUT2D eigenvalue weighted by molar-refractivity contribution is -0.159. The number of fused-ring (bicyclic) bond motifs is 1. The number of nitrogens with one attached hydrogen (secondary N) is 1. The Bertz CT molecular complexity index is 1630. The lowest BCUT2D eigenvalue weighted by Gasteiger charge is -2.25. The highest BCUT2D eigenvalue weighted by Gasteiger charge is 2.43. The van der Waals surface area contributed by atoms with Crippen molar-refractivity contribution in [3.05, 3.63) is 82.1 Å². The van der Waals surface area contributed by atoms with Crippen molar-refractivity contribution in [2.75, 3.05) is 6.61 Å². The van der Waals surface area contributed by atoms with E-state index in [1.165, 1.54) is 11.3 Å². The maximum atomic E-state index is 13.0. The van der Waals surface area contributed by atoms with Crippen molar-refractivity contribution in [3.8, 4) is 11.3 Å². The van der Waals surface area contributed by atoms with E-state index in [4.69, 9.17) is 21.1 Å². The monoisotopic (exact) mass is 569 g/mol. The lowest BCUT2D eigenvalue weighted by Crippen LogP contribution is -2.32. The molecule has 1 saturated heterocycles. The highest BCUT2D eigenvalue weighted by Crippen LogP contribution is 2.42. The van der Waals surface area contributed by atoms with E-state index in [0.29, 0.717) is 30.2 Å². The van der Waals surface area contributed by atoms with Crippen LogP contribution in [-0.2, 0) is 25.1 Å². The quantitative estimate of drug-likeness (QED) is 0.286. The molecule has 4 aromatic rings. The molecule has 1 aromatic carbocycles. The van der Waals surface area contributed by atoms with Crippen LogP contribution in [0.4, 0.5) is 0 Å². The molecular weight excluding hydrogens is 542 g/mol. The molecule has 1 N–H and O–H groups in total. The van der Waals surface area contributed by atoms with Crippen molar-refractivity contribution in [2.45, 2.75) is 56.3 Å². The zero-order valence-electron chi connectivity index (χ0n) is 21.3. The van der Waals surface area contributed by atoms with E-state index in [2.05, 4.69) is 14.7 Å². The highest BCUT2D eigenvalue weighted by atomic mass is 35.5. The van der Waals surface area contributed by atoms with Crippen molar-refractivity contribution in [1.82, 2.24) is 14.7 Å². The third-order valence-corrected chi connectivity index (χ3v) is 10.4. The van der Waals surface area contributed by atoms with Crippen molar-refractivity contribution >= 4 is 43.0 Å². The van der Waals surface area contributed by atoms with E-state index in [9.17, 15) is 8.42 Å². The van der Waals surface area contributed by atoms with E-state index < -0.39 is 27.5 Å². The third-order valence-electron chi connectivity index (χ3n) is 6.97.